The normalized spacial score (nSPS) is 15.9. The van der Waals surface area contributed by atoms with Gasteiger partial charge in [0.2, 0.25) is 11.8 Å². The van der Waals surface area contributed by atoms with Crippen molar-refractivity contribution in [2.75, 3.05) is 20.8 Å². The van der Waals surface area contributed by atoms with Gasteiger partial charge in [-0.05, 0) is 35.7 Å². The van der Waals surface area contributed by atoms with E-state index >= 15 is 0 Å². The van der Waals surface area contributed by atoms with Gasteiger partial charge in [0.15, 0.2) is 11.5 Å². The summed E-state index contributed by atoms with van der Waals surface area (Å²) in [6, 6.07) is 12.5. The Kier molecular flexibility index (Phi) is 5.64. The molecule has 142 valence electrons. The lowest BCUT2D eigenvalue weighted by Crippen LogP contribution is -2.47. The van der Waals surface area contributed by atoms with Gasteiger partial charge >= 0.3 is 0 Å². The summed E-state index contributed by atoms with van der Waals surface area (Å²) in [6.07, 6.45) is 0.337. The molecule has 27 heavy (non-hydrogen) atoms. The number of nitrogens with zero attached hydrogens (tertiary/aromatic N) is 1. The summed E-state index contributed by atoms with van der Waals surface area (Å²) in [5.41, 5.74) is 2.70. The summed E-state index contributed by atoms with van der Waals surface area (Å²) < 4.78 is 10.5. The fourth-order valence-corrected chi connectivity index (χ4v) is 3.46. The van der Waals surface area contributed by atoms with E-state index in [0.29, 0.717) is 31.0 Å². The van der Waals surface area contributed by atoms with E-state index in [1.165, 1.54) is 0 Å². The minimum absolute atomic E-state index is 0.0255. The molecule has 0 radical (unpaired) electrons. The number of hydrogen-bond donors (Lipinski definition) is 1. The molecule has 1 heterocycles. The maximum absolute atomic E-state index is 13.0. The second-order valence-corrected chi connectivity index (χ2v) is 6.37. The summed E-state index contributed by atoms with van der Waals surface area (Å²) in [4.78, 5) is 27.0. The first-order valence-electron chi connectivity index (χ1n) is 8.95. The molecule has 1 atom stereocenters. The van der Waals surface area contributed by atoms with Gasteiger partial charge in [0.25, 0.3) is 0 Å². The van der Waals surface area contributed by atoms with Crippen molar-refractivity contribution >= 4 is 11.8 Å². The van der Waals surface area contributed by atoms with Crippen molar-refractivity contribution in [1.82, 2.24) is 10.2 Å². The number of likely N-dealkylation sites (N-methyl/N-ethyl adjacent to an activating group) is 1. The monoisotopic (exact) mass is 368 g/mol. The number of rotatable bonds is 6. The number of hydrogen-bond acceptors (Lipinski definition) is 4. The van der Waals surface area contributed by atoms with E-state index in [-0.39, 0.29) is 11.8 Å². The second-order valence-electron chi connectivity index (χ2n) is 6.37. The van der Waals surface area contributed by atoms with E-state index in [1.54, 1.807) is 25.2 Å². The molecule has 6 heteroatoms. The predicted molar refractivity (Wildman–Crippen MR) is 102 cm³/mol. The molecule has 0 aliphatic carbocycles. The Morgan fingerprint density at radius 3 is 2.59 bits per heavy atom. The van der Waals surface area contributed by atoms with Crippen LogP contribution in [-0.4, -0.2) is 37.5 Å². The van der Waals surface area contributed by atoms with Crippen molar-refractivity contribution in [2.24, 2.45) is 0 Å². The summed E-state index contributed by atoms with van der Waals surface area (Å²) >= 11 is 0. The van der Waals surface area contributed by atoms with E-state index in [4.69, 9.17) is 9.47 Å². The van der Waals surface area contributed by atoms with Crippen molar-refractivity contribution in [3.05, 3.63) is 59.2 Å². The number of benzene rings is 2. The molecule has 0 unspecified atom stereocenters. The molecule has 3 rings (SSSR count). The molecule has 0 aromatic heterocycles. The van der Waals surface area contributed by atoms with Gasteiger partial charge in [-0.3, -0.25) is 9.59 Å². The molecular formula is C21H24N2O4. The smallest absolute Gasteiger partial charge is 0.247 e. The van der Waals surface area contributed by atoms with E-state index in [9.17, 15) is 9.59 Å². The molecule has 2 aromatic rings. The van der Waals surface area contributed by atoms with Crippen LogP contribution in [0.25, 0.3) is 0 Å². The average molecular weight is 368 g/mol. The van der Waals surface area contributed by atoms with Crippen LogP contribution >= 0.6 is 0 Å². The SMILES string of the molecule is CCN1C(=O)Cc2ccccc2[C@H]1C(=O)NCc1ccc(OC)c(OC)c1. The summed E-state index contributed by atoms with van der Waals surface area (Å²) in [5.74, 6) is 1.03. The van der Waals surface area contributed by atoms with Crippen LogP contribution in [0.4, 0.5) is 0 Å². The molecule has 0 fully saturated rings. The number of carbonyl (C=O) groups excluding carboxylic acids is 2. The third-order valence-electron chi connectivity index (χ3n) is 4.83. The van der Waals surface area contributed by atoms with Crippen molar-refractivity contribution < 1.29 is 19.1 Å². The first-order valence-corrected chi connectivity index (χ1v) is 8.95. The number of carbonyl (C=O) groups is 2. The zero-order valence-electron chi connectivity index (χ0n) is 15.8. The minimum Gasteiger partial charge on any atom is -0.493 e. The summed E-state index contributed by atoms with van der Waals surface area (Å²) in [6.45, 7) is 2.71. The molecule has 2 aromatic carbocycles. The fraction of sp³-hybridized carbons (Fsp3) is 0.333. The largest absolute Gasteiger partial charge is 0.493 e. The van der Waals surface area contributed by atoms with Gasteiger partial charge in [-0.15, -0.1) is 0 Å². The number of amides is 2. The van der Waals surface area contributed by atoms with Crippen LogP contribution in [0.15, 0.2) is 42.5 Å². The summed E-state index contributed by atoms with van der Waals surface area (Å²) in [5, 5.41) is 2.95. The van der Waals surface area contributed by atoms with Crippen LogP contribution in [0.2, 0.25) is 0 Å². The van der Waals surface area contributed by atoms with Crippen molar-refractivity contribution in [2.45, 2.75) is 25.9 Å². The van der Waals surface area contributed by atoms with Crippen LogP contribution in [-0.2, 0) is 22.6 Å². The van der Waals surface area contributed by atoms with Crippen LogP contribution in [0, 0.1) is 0 Å². The van der Waals surface area contributed by atoms with Crippen molar-refractivity contribution in [3.63, 3.8) is 0 Å². The lowest BCUT2D eigenvalue weighted by atomic mass is 9.91. The molecule has 0 saturated heterocycles. The molecule has 0 spiro atoms. The van der Waals surface area contributed by atoms with Gasteiger partial charge in [0.1, 0.15) is 6.04 Å². The van der Waals surface area contributed by atoms with Gasteiger partial charge in [0.05, 0.1) is 20.6 Å². The molecule has 1 aliphatic rings. The first kappa shape index (κ1) is 18.8. The predicted octanol–water partition coefficient (Wildman–Crippen LogP) is 2.47. The molecule has 6 nitrogen and oxygen atoms in total. The average Bonchev–Trinajstić information content (AvgIpc) is 2.70. The van der Waals surface area contributed by atoms with E-state index in [1.807, 2.05) is 43.3 Å². The Labute approximate surface area is 159 Å². The van der Waals surface area contributed by atoms with Gasteiger partial charge in [-0.2, -0.15) is 0 Å². The lowest BCUT2D eigenvalue weighted by molar-refractivity contribution is -0.141. The maximum Gasteiger partial charge on any atom is 0.247 e. The minimum atomic E-state index is -0.604. The van der Waals surface area contributed by atoms with Gasteiger partial charge in [-0.1, -0.05) is 30.3 Å². The van der Waals surface area contributed by atoms with Crippen molar-refractivity contribution in [3.8, 4) is 11.5 Å². The Hall–Kier alpha value is -3.02. The number of fused-ring (bicyclic) bond motifs is 1. The van der Waals surface area contributed by atoms with Crippen LogP contribution in [0.5, 0.6) is 11.5 Å². The summed E-state index contributed by atoms with van der Waals surface area (Å²) in [7, 11) is 3.15. The van der Waals surface area contributed by atoms with E-state index in [2.05, 4.69) is 5.32 Å². The molecule has 2 amide bonds. The Morgan fingerprint density at radius 1 is 1.15 bits per heavy atom. The number of methoxy groups -OCH3 is 2. The Bertz CT molecular complexity index is 850. The first-order chi connectivity index (χ1) is 13.1. The van der Waals surface area contributed by atoms with Gasteiger partial charge in [-0.25, -0.2) is 0 Å². The highest BCUT2D eigenvalue weighted by Crippen LogP contribution is 2.31. The van der Waals surface area contributed by atoms with Crippen molar-refractivity contribution in [1.29, 1.82) is 0 Å². The maximum atomic E-state index is 13.0. The van der Waals surface area contributed by atoms with Crippen LogP contribution < -0.4 is 14.8 Å². The van der Waals surface area contributed by atoms with E-state index in [0.717, 1.165) is 16.7 Å². The van der Waals surface area contributed by atoms with Crippen LogP contribution in [0.3, 0.4) is 0 Å². The quantitative estimate of drug-likeness (QED) is 0.851. The fourth-order valence-electron chi connectivity index (χ4n) is 3.46. The van der Waals surface area contributed by atoms with Crippen LogP contribution in [0.1, 0.15) is 29.7 Å². The number of ether oxygens (including phenoxy) is 2. The van der Waals surface area contributed by atoms with E-state index < -0.39 is 6.04 Å². The Balaban J connectivity index is 1.80. The Morgan fingerprint density at radius 2 is 1.89 bits per heavy atom. The third kappa shape index (κ3) is 3.74. The topological polar surface area (TPSA) is 67.9 Å². The molecule has 1 N–H and O–H groups in total. The molecular weight excluding hydrogens is 344 g/mol. The highest BCUT2D eigenvalue weighted by Gasteiger charge is 2.35. The highest BCUT2D eigenvalue weighted by molar-refractivity contribution is 5.92. The standard InChI is InChI=1S/C21H24N2O4/c1-4-23-19(24)12-15-7-5-6-8-16(15)20(23)21(25)22-13-14-9-10-17(26-2)18(11-14)27-3/h5-11,20H,4,12-13H2,1-3H3,(H,22,25)/t20-/m0/s1. The highest BCUT2D eigenvalue weighted by atomic mass is 16.5. The lowest BCUT2D eigenvalue weighted by Gasteiger charge is -2.35. The zero-order valence-corrected chi connectivity index (χ0v) is 15.8. The molecule has 0 bridgehead atoms. The van der Waals surface area contributed by atoms with Gasteiger partial charge in [0, 0.05) is 13.1 Å². The second kappa shape index (κ2) is 8.12. The number of nitrogens with one attached hydrogen (secondary N) is 1. The van der Waals surface area contributed by atoms with Gasteiger partial charge < -0.3 is 19.7 Å². The molecule has 0 saturated carbocycles. The zero-order chi connectivity index (χ0) is 19.4. The molecule has 1 aliphatic heterocycles. The third-order valence-corrected chi connectivity index (χ3v) is 4.83.